The average Bonchev–Trinajstić information content (AvgIpc) is 2.73. The lowest BCUT2D eigenvalue weighted by Crippen LogP contribution is -2.43. The molecule has 3 rings (SSSR count). The monoisotopic (exact) mass is 414 g/mol. The Morgan fingerprint density at radius 3 is 2.27 bits per heavy atom. The molecule has 2 aromatic carbocycles. The molecule has 30 heavy (non-hydrogen) atoms. The third-order valence-corrected chi connectivity index (χ3v) is 4.47. The van der Waals surface area contributed by atoms with Crippen molar-refractivity contribution in [2.45, 2.75) is 32.7 Å². The summed E-state index contributed by atoms with van der Waals surface area (Å²) in [7, 11) is 0. The third-order valence-electron chi connectivity index (χ3n) is 4.47. The Kier molecular flexibility index (Phi) is 6.51. The number of benzene rings is 2. The summed E-state index contributed by atoms with van der Waals surface area (Å²) in [6.07, 6.45) is 2.59. The summed E-state index contributed by atoms with van der Waals surface area (Å²) in [4.78, 5) is 37.4. The van der Waals surface area contributed by atoms with E-state index in [-0.39, 0.29) is 16.8 Å². The van der Waals surface area contributed by atoms with Gasteiger partial charge in [-0.3, -0.25) is 25.2 Å². The number of hydrogen-bond donors (Lipinski definition) is 2. The van der Waals surface area contributed by atoms with Crippen LogP contribution in [-0.2, 0) is 6.54 Å². The van der Waals surface area contributed by atoms with Gasteiger partial charge in [0.05, 0.1) is 5.39 Å². The number of hydrazine groups is 1. The maximum Gasteiger partial charge on any atom is 0.290 e. The van der Waals surface area contributed by atoms with Crippen molar-refractivity contribution >= 4 is 22.6 Å². The van der Waals surface area contributed by atoms with E-state index in [1.165, 1.54) is 4.68 Å². The van der Waals surface area contributed by atoms with E-state index in [0.717, 1.165) is 31.4 Å². The lowest BCUT2D eigenvalue weighted by Gasteiger charge is -2.12. The van der Waals surface area contributed by atoms with Crippen LogP contribution in [-0.4, -0.2) is 21.6 Å². The standard InChI is InChI=1S/C21H20F2N4O3/c1-2-3-6-9-27-21(30)17-8-5-4-7-16(17)18(26-27)20(29)25-24-19(28)13-10-14(22)12-15(23)11-13/h4-5,7-8,10-12H,2-3,6,9H2,1H3,(H,24,28)(H,25,29). The van der Waals surface area contributed by atoms with Gasteiger partial charge < -0.3 is 0 Å². The van der Waals surface area contributed by atoms with Crippen molar-refractivity contribution in [2.75, 3.05) is 0 Å². The van der Waals surface area contributed by atoms with Crippen LogP contribution in [0.25, 0.3) is 10.8 Å². The van der Waals surface area contributed by atoms with E-state index in [1.54, 1.807) is 24.3 Å². The van der Waals surface area contributed by atoms with Crippen LogP contribution in [0.3, 0.4) is 0 Å². The lowest BCUT2D eigenvalue weighted by molar-refractivity contribution is 0.0843. The van der Waals surface area contributed by atoms with Crippen LogP contribution >= 0.6 is 0 Å². The van der Waals surface area contributed by atoms with E-state index < -0.39 is 23.4 Å². The zero-order valence-corrected chi connectivity index (χ0v) is 16.2. The van der Waals surface area contributed by atoms with Gasteiger partial charge in [-0.05, 0) is 24.6 Å². The van der Waals surface area contributed by atoms with Crippen molar-refractivity contribution in [3.8, 4) is 0 Å². The number of carbonyl (C=O) groups is 2. The van der Waals surface area contributed by atoms with E-state index in [4.69, 9.17) is 0 Å². The summed E-state index contributed by atoms with van der Waals surface area (Å²) in [5, 5.41) is 4.83. The molecule has 0 atom stereocenters. The van der Waals surface area contributed by atoms with Crippen LogP contribution in [0.5, 0.6) is 0 Å². The second-order valence-corrected chi connectivity index (χ2v) is 6.70. The number of carbonyl (C=O) groups excluding carboxylic acids is 2. The zero-order chi connectivity index (χ0) is 21.7. The van der Waals surface area contributed by atoms with Gasteiger partial charge in [-0.15, -0.1) is 0 Å². The molecular weight excluding hydrogens is 394 g/mol. The fourth-order valence-corrected chi connectivity index (χ4v) is 3.00. The Labute approximate surface area is 170 Å². The van der Waals surface area contributed by atoms with E-state index in [0.29, 0.717) is 23.4 Å². The zero-order valence-electron chi connectivity index (χ0n) is 16.2. The van der Waals surface area contributed by atoms with Gasteiger partial charge in [-0.2, -0.15) is 5.10 Å². The molecule has 156 valence electrons. The SMILES string of the molecule is CCCCCn1nc(C(=O)NNC(=O)c2cc(F)cc(F)c2)c2ccccc2c1=O. The van der Waals surface area contributed by atoms with Crippen molar-refractivity contribution in [1.29, 1.82) is 0 Å². The molecular formula is C21H20F2N4O3. The molecule has 0 bridgehead atoms. The van der Waals surface area contributed by atoms with Gasteiger partial charge in [-0.25, -0.2) is 13.5 Å². The van der Waals surface area contributed by atoms with Gasteiger partial charge in [0.25, 0.3) is 17.4 Å². The Hall–Kier alpha value is -3.62. The predicted octanol–water partition coefficient (Wildman–Crippen LogP) is 2.94. The van der Waals surface area contributed by atoms with E-state index in [1.807, 2.05) is 6.92 Å². The highest BCUT2D eigenvalue weighted by Gasteiger charge is 2.18. The molecule has 0 aliphatic carbocycles. The van der Waals surface area contributed by atoms with Gasteiger partial charge in [0, 0.05) is 23.6 Å². The highest BCUT2D eigenvalue weighted by molar-refractivity contribution is 6.06. The highest BCUT2D eigenvalue weighted by atomic mass is 19.1. The first-order chi connectivity index (χ1) is 14.4. The highest BCUT2D eigenvalue weighted by Crippen LogP contribution is 2.13. The molecule has 2 N–H and O–H groups in total. The molecule has 9 heteroatoms. The normalized spacial score (nSPS) is 10.8. The molecule has 7 nitrogen and oxygen atoms in total. The first kappa shape index (κ1) is 21.1. The minimum absolute atomic E-state index is 0.0487. The first-order valence-electron chi connectivity index (χ1n) is 9.47. The minimum Gasteiger partial charge on any atom is -0.267 e. The molecule has 0 radical (unpaired) electrons. The maximum atomic E-state index is 13.3. The van der Waals surface area contributed by atoms with Gasteiger partial charge in [0.2, 0.25) is 0 Å². The number of nitrogens with one attached hydrogen (secondary N) is 2. The van der Waals surface area contributed by atoms with Crippen molar-refractivity contribution in [3.63, 3.8) is 0 Å². The second kappa shape index (κ2) is 9.25. The van der Waals surface area contributed by atoms with Crippen molar-refractivity contribution in [3.05, 3.63) is 75.7 Å². The van der Waals surface area contributed by atoms with Crippen molar-refractivity contribution in [1.82, 2.24) is 20.6 Å². The number of halogens is 2. The fourth-order valence-electron chi connectivity index (χ4n) is 3.00. The topological polar surface area (TPSA) is 93.1 Å². The Balaban J connectivity index is 1.85. The summed E-state index contributed by atoms with van der Waals surface area (Å²) in [5.74, 6) is -3.50. The second-order valence-electron chi connectivity index (χ2n) is 6.70. The number of aromatic nitrogens is 2. The molecule has 3 aromatic rings. The quantitative estimate of drug-likeness (QED) is 0.479. The minimum atomic E-state index is -0.918. The predicted molar refractivity (Wildman–Crippen MR) is 107 cm³/mol. The van der Waals surface area contributed by atoms with Crippen LogP contribution in [0.4, 0.5) is 8.78 Å². The lowest BCUT2D eigenvalue weighted by atomic mass is 10.1. The molecule has 0 saturated heterocycles. The van der Waals surface area contributed by atoms with E-state index in [2.05, 4.69) is 16.0 Å². The summed E-state index contributed by atoms with van der Waals surface area (Å²) >= 11 is 0. The number of rotatable bonds is 6. The Morgan fingerprint density at radius 1 is 0.967 bits per heavy atom. The summed E-state index contributed by atoms with van der Waals surface area (Å²) in [5.41, 5.74) is 3.63. The summed E-state index contributed by atoms with van der Waals surface area (Å²) in [6.45, 7) is 2.38. The maximum absolute atomic E-state index is 13.3. The molecule has 0 spiro atoms. The van der Waals surface area contributed by atoms with Gasteiger partial charge >= 0.3 is 0 Å². The Bertz CT molecular complexity index is 1140. The number of aryl methyl sites for hydroxylation is 1. The summed E-state index contributed by atoms with van der Waals surface area (Å²) in [6, 6.07) is 8.84. The van der Waals surface area contributed by atoms with Crippen LogP contribution in [0.2, 0.25) is 0 Å². The number of unbranched alkanes of at least 4 members (excludes halogenated alkanes) is 2. The molecule has 0 aliphatic rings. The van der Waals surface area contributed by atoms with E-state index >= 15 is 0 Å². The largest absolute Gasteiger partial charge is 0.290 e. The molecule has 2 amide bonds. The molecule has 0 fully saturated rings. The Morgan fingerprint density at radius 2 is 1.60 bits per heavy atom. The van der Waals surface area contributed by atoms with Crippen LogP contribution in [0, 0.1) is 11.6 Å². The number of fused-ring (bicyclic) bond motifs is 1. The first-order valence-corrected chi connectivity index (χ1v) is 9.47. The number of nitrogens with zero attached hydrogens (tertiary/aromatic N) is 2. The number of amides is 2. The van der Waals surface area contributed by atoms with Crippen molar-refractivity contribution < 1.29 is 18.4 Å². The summed E-state index contributed by atoms with van der Waals surface area (Å²) < 4.78 is 27.8. The number of hydrogen-bond acceptors (Lipinski definition) is 4. The molecule has 0 saturated carbocycles. The van der Waals surface area contributed by atoms with E-state index in [9.17, 15) is 23.2 Å². The van der Waals surface area contributed by atoms with Crippen molar-refractivity contribution in [2.24, 2.45) is 0 Å². The molecule has 1 heterocycles. The molecule has 0 unspecified atom stereocenters. The smallest absolute Gasteiger partial charge is 0.267 e. The van der Waals surface area contributed by atoms with Gasteiger partial charge in [0.1, 0.15) is 11.6 Å². The van der Waals surface area contributed by atoms with Crippen LogP contribution in [0.15, 0.2) is 47.3 Å². The fraction of sp³-hybridized carbons (Fsp3) is 0.238. The van der Waals surface area contributed by atoms with Crippen LogP contribution in [0.1, 0.15) is 47.0 Å². The molecule has 0 aliphatic heterocycles. The third kappa shape index (κ3) is 4.68. The van der Waals surface area contributed by atoms with Gasteiger partial charge in [0.15, 0.2) is 5.69 Å². The van der Waals surface area contributed by atoms with Crippen LogP contribution < -0.4 is 16.4 Å². The molecule has 1 aromatic heterocycles. The average molecular weight is 414 g/mol. The van der Waals surface area contributed by atoms with Gasteiger partial charge in [-0.1, -0.05) is 38.0 Å².